The number of thiocarbonyl (C=S) groups is 1. The van der Waals surface area contributed by atoms with Gasteiger partial charge >= 0.3 is 0 Å². The van der Waals surface area contributed by atoms with Crippen LogP contribution in [0, 0.1) is 11.6 Å². The summed E-state index contributed by atoms with van der Waals surface area (Å²) in [7, 11) is 0. The van der Waals surface area contributed by atoms with Gasteiger partial charge in [-0.05, 0) is 31.8 Å². The fraction of sp³-hybridized carbons (Fsp3) is 0.462. The number of halogens is 2. The van der Waals surface area contributed by atoms with E-state index in [0.717, 1.165) is 12.1 Å². The van der Waals surface area contributed by atoms with Gasteiger partial charge in [0.1, 0.15) is 11.6 Å². The molecule has 0 spiro atoms. The Hall–Kier alpha value is -0.520. The molecule has 0 bridgehead atoms. The Balaban J connectivity index is 0.000000360. The Kier molecular flexibility index (Phi) is 9.14. The molecule has 0 saturated carbocycles. The van der Waals surface area contributed by atoms with E-state index in [0.29, 0.717) is 0 Å². The van der Waals surface area contributed by atoms with Crippen LogP contribution in [0.5, 0.6) is 0 Å². The summed E-state index contributed by atoms with van der Waals surface area (Å²) in [5, 5.41) is 0. The summed E-state index contributed by atoms with van der Waals surface area (Å²) in [5.41, 5.74) is -0.231. The summed E-state index contributed by atoms with van der Waals surface area (Å²) in [6.07, 6.45) is 0. The Morgan fingerprint density at radius 3 is 1.67 bits per heavy atom. The lowest BCUT2D eigenvalue weighted by Crippen LogP contribution is -2.21. The first-order valence-electron chi connectivity index (χ1n) is 5.87. The van der Waals surface area contributed by atoms with Crippen molar-refractivity contribution < 1.29 is 8.78 Å². The topological polar surface area (TPSA) is 3.24 Å². The zero-order chi connectivity index (χ0) is 14.1. The van der Waals surface area contributed by atoms with Gasteiger partial charge in [-0.25, -0.2) is 8.78 Å². The smallest absolute Gasteiger partial charge is 0.135 e. The molecule has 102 valence electrons. The molecule has 18 heavy (non-hydrogen) atoms. The molecule has 1 nitrogen and oxygen atoms in total. The predicted molar refractivity (Wildman–Crippen MR) is 80.5 cm³/mol. The summed E-state index contributed by atoms with van der Waals surface area (Å²) in [6, 6.07) is 3.56. The monoisotopic (exact) mass is 291 g/mol. The van der Waals surface area contributed by atoms with E-state index in [1.165, 1.54) is 25.7 Å². The molecule has 0 fully saturated rings. The van der Waals surface area contributed by atoms with Gasteiger partial charge in [0.15, 0.2) is 0 Å². The van der Waals surface area contributed by atoms with E-state index in [4.69, 9.17) is 0 Å². The average Bonchev–Trinajstić information content (AvgIpc) is 2.31. The SMILES string of the molecule is CCN(CC)CC.Fc1cccc(F)c1C(=S)S. The molecule has 0 radical (unpaired) electrons. The zero-order valence-corrected chi connectivity index (χ0v) is 12.6. The van der Waals surface area contributed by atoms with Crippen molar-refractivity contribution >= 4 is 29.0 Å². The molecule has 0 amide bonds. The van der Waals surface area contributed by atoms with Crippen molar-refractivity contribution in [2.45, 2.75) is 20.8 Å². The van der Waals surface area contributed by atoms with Gasteiger partial charge < -0.3 is 4.90 Å². The third-order valence-corrected chi connectivity index (χ3v) is 2.95. The van der Waals surface area contributed by atoms with Crippen molar-refractivity contribution in [2.75, 3.05) is 19.6 Å². The van der Waals surface area contributed by atoms with Gasteiger partial charge in [0.05, 0.1) is 9.76 Å². The maximum Gasteiger partial charge on any atom is 0.135 e. The van der Waals surface area contributed by atoms with Crippen molar-refractivity contribution in [2.24, 2.45) is 0 Å². The minimum Gasteiger partial charge on any atom is -0.304 e. The normalized spacial score (nSPS) is 9.94. The Morgan fingerprint density at radius 2 is 1.50 bits per heavy atom. The van der Waals surface area contributed by atoms with Crippen LogP contribution >= 0.6 is 24.8 Å². The van der Waals surface area contributed by atoms with Gasteiger partial charge in [0, 0.05) is 0 Å². The quantitative estimate of drug-likeness (QED) is 0.661. The van der Waals surface area contributed by atoms with Crippen LogP contribution in [0.4, 0.5) is 8.78 Å². The van der Waals surface area contributed by atoms with Crippen LogP contribution in [0.3, 0.4) is 0 Å². The van der Waals surface area contributed by atoms with E-state index in [1.54, 1.807) is 0 Å². The average molecular weight is 291 g/mol. The highest BCUT2D eigenvalue weighted by Crippen LogP contribution is 2.14. The second-order valence-corrected chi connectivity index (χ2v) is 4.68. The van der Waals surface area contributed by atoms with E-state index in [2.05, 4.69) is 50.5 Å². The van der Waals surface area contributed by atoms with E-state index < -0.39 is 11.6 Å². The van der Waals surface area contributed by atoms with Crippen LogP contribution in [0.1, 0.15) is 26.3 Å². The molecular formula is C13H19F2NS2. The third kappa shape index (κ3) is 5.89. The highest BCUT2D eigenvalue weighted by Gasteiger charge is 2.09. The molecule has 0 saturated heterocycles. The number of benzene rings is 1. The van der Waals surface area contributed by atoms with Crippen LogP contribution in [0.25, 0.3) is 0 Å². The van der Waals surface area contributed by atoms with E-state index in [-0.39, 0.29) is 9.76 Å². The van der Waals surface area contributed by atoms with E-state index in [9.17, 15) is 8.78 Å². The van der Waals surface area contributed by atoms with Crippen LogP contribution in [-0.2, 0) is 0 Å². The van der Waals surface area contributed by atoms with Crippen LogP contribution in [0.15, 0.2) is 18.2 Å². The number of nitrogens with zero attached hydrogens (tertiary/aromatic N) is 1. The van der Waals surface area contributed by atoms with Crippen LogP contribution in [-0.4, -0.2) is 28.7 Å². The lowest BCUT2D eigenvalue weighted by molar-refractivity contribution is 0.321. The zero-order valence-electron chi connectivity index (χ0n) is 10.9. The minimum atomic E-state index is -0.676. The van der Waals surface area contributed by atoms with E-state index >= 15 is 0 Å². The maximum absolute atomic E-state index is 12.7. The number of thiol groups is 1. The summed E-state index contributed by atoms with van der Waals surface area (Å²) in [6.45, 7) is 10.1. The largest absolute Gasteiger partial charge is 0.304 e. The Morgan fingerprint density at radius 1 is 1.11 bits per heavy atom. The van der Waals surface area contributed by atoms with Gasteiger partial charge in [-0.1, -0.05) is 39.1 Å². The third-order valence-electron chi connectivity index (χ3n) is 2.52. The van der Waals surface area contributed by atoms with Crippen molar-refractivity contribution in [3.8, 4) is 0 Å². The van der Waals surface area contributed by atoms with Gasteiger partial charge in [-0.3, -0.25) is 0 Å². The lowest BCUT2D eigenvalue weighted by Gasteiger charge is -2.13. The molecule has 0 heterocycles. The van der Waals surface area contributed by atoms with Gasteiger partial charge in [0.25, 0.3) is 0 Å². The molecule has 0 aliphatic carbocycles. The number of hydrogen-bond donors (Lipinski definition) is 1. The maximum atomic E-state index is 12.7. The molecule has 1 rings (SSSR count). The Labute approximate surface area is 119 Å². The number of hydrogen-bond acceptors (Lipinski definition) is 2. The fourth-order valence-corrected chi connectivity index (χ4v) is 1.78. The number of rotatable bonds is 4. The molecule has 5 heteroatoms. The van der Waals surface area contributed by atoms with Crippen molar-refractivity contribution in [3.63, 3.8) is 0 Å². The lowest BCUT2D eigenvalue weighted by atomic mass is 10.2. The second-order valence-electron chi connectivity index (χ2n) is 3.52. The summed E-state index contributed by atoms with van der Waals surface area (Å²) in [4.78, 5) is 2.38. The summed E-state index contributed by atoms with van der Waals surface area (Å²) < 4.78 is 25.4. The van der Waals surface area contributed by atoms with Crippen molar-refractivity contribution in [3.05, 3.63) is 35.4 Å². The Bertz CT molecular complexity index is 353. The molecule has 1 aromatic rings. The predicted octanol–water partition coefficient (Wildman–Crippen LogP) is 3.92. The highest BCUT2D eigenvalue weighted by molar-refractivity contribution is 8.11. The molecule has 0 unspecified atom stereocenters. The second kappa shape index (κ2) is 9.42. The molecule has 0 aromatic heterocycles. The first-order chi connectivity index (χ1) is 8.47. The summed E-state index contributed by atoms with van der Waals surface area (Å²) in [5.74, 6) is -1.35. The van der Waals surface area contributed by atoms with Crippen LogP contribution in [0.2, 0.25) is 0 Å². The molecule has 0 aliphatic heterocycles. The highest BCUT2D eigenvalue weighted by atomic mass is 32.1. The van der Waals surface area contributed by atoms with Gasteiger partial charge in [0.2, 0.25) is 0 Å². The molecule has 0 atom stereocenters. The fourth-order valence-electron chi connectivity index (χ4n) is 1.37. The molecule has 1 aromatic carbocycles. The van der Waals surface area contributed by atoms with Gasteiger partial charge in [-0.2, -0.15) is 0 Å². The molecular weight excluding hydrogens is 272 g/mol. The minimum absolute atomic E-state index is 0.0689. The molecule has 0 N–H and O–H groups in total. The molecule has 0 aliphatic rings. The standard InChI is InChI=1S/C7H4F2S2.C6H15N/c8-4-2-1-3-5(9)6(4)7(10)11;1-4-7(5-2)6-3/h1-3H,(H,10,11);4-6H2,1-3H3. The van der Waals surface area contributed by atoms with Gasteiger partial charge in [-0.15, -0.1) is 12.6 Å². The summed E-state index contributed by atoms with van der Waals surface area (Å²) >= 11 is 8.20. The first kappa shape index (κ1) is 17.5. The van der Waals surface area contributed by atoms with Crippen molar-refractivity contribution in [1.82, 2.24) is 4.90 Å². The van der Waals surface area contributed by atoms with Crippen LogP contribution < -0.4 is 0 Å². The first-order valence-corrected chi connectivity index (χ1v) is 6.73. The van der Waals surface area contributed by atoms with E-state index in [1.807, 2.05) is 0 Å². The van der Waals surface area contributed by atoms with Crippen molar-refractivity contribution in [1.29, 1.82) is 0 Å².